The zero-order valence-corrected chi connectivity index (χ0v) is 63.8. The van der Waals surface area contributed by atoms with Gasteiger partial charge in [-0.25, -0.2) is 38.2 Å². The first-order valence-corrected chi connectivity index (χ1v) is 37.3. The SMILES string of the molecule is Cc1ccc2c(n1)oc1c(-c3cc(-c4ccccc4)cc[n+]3C)c(C)ccc12.[2H]C([2H])([2H])c1c[n+](C)c(-c2c(C)cc(C([2H])([2H])[2H])c3c2oc2ncccc23)cc1-c1ccccc1.[2H]C([2H])([2H])c1c[n+](C)c(-c2c(C)ccc3c2oc2ncccc23)cc1-c1ccccc1.[2H]C([2H])([2H])c1cc(C)c(-c2cc(-c3ccccc3)cc[n+]2C)c2oc3ncccc3c12. The molecule has 8 aromatic carbocycles. The molecule has 0 bridgehead atoms. The summed E-state index contributed by atoms with van der Waals surface area (Å²) < 4.78 is 130. The summed E-state index contributed by atoms with van der Waals surface area (Å²) >= 11 is 0. The van der Waals surface area contributed by atoms with Crippen molar-refractivity contribution in [2.24, 2.45) is 28.2 Å². The normalized spacial score (nSPS) is 13.4. The Balaban J connectivity index is 0.000000118. The number of rotatable bonds is 8. The Hall–Kier alpha value is -13.8. The maximum atomic E-state index is 8.13. The second-order valence-electron chi connectivity index (χ2n) is 28.7. The van der Waals surface area contributed by atoms with Gasteiger partial charge in [-0.15, -0.1) is 0 Å². The maximum absolute atomic E-state index is 8.13. The van der Waals surface area contributed by atoms with Crippen LogP contribution in [-0.2, 0) is 28.2 Å². The number of fused-ring (bicyclic) bond motifs is 12. The van der Waals surface area contributed by atoms with E-state index in [1.165, 1.54) is 16.7 Å². The molecule has 0 aliphatic carbocycles. The number of aryl methyl sites for hydroxylation is 13. The summed E-state index contributed by atoms with van der Waals surface area (Å²) in [4.78, 5) is 17.6. The second kappa shape index (κ2) is 29.9. The number of hydrogen-bond donors (Lipinski definition) is 0. The molecule has 20 aromatic rings. The van der Waals surface area contributed by atoms with Gasteiger partial charge in [0.15, 0.2) is 47.1 Å². The molecule has 0 saturated heterocycles. The molecule has 550 valence electrons. The van der Waals surface area contributed by atoms with Gasteiger partial charge < -0.3 is 17.7 Å². The first-order valence-electron chi connectivity index (χ1n) is 43.3. The highest BCUT2D eigenvalue weighted by molar-refractivity contribution is 6.13. The molecule has 0 unspecified atom stereocenters. The van der Waals surface area contributed by atoms with Crippen molar-refractivity contribution < 1.29 is 52.4 Å². The highest BCUT2D eigenvalue weighted by Crippen LogP contribution is 2.44. The Morgan fingerprint density at radius 3 is 1.05 bits per heavy atom. The zero-order valence-electron chi connectivity index (χ0n) is 75.8. The van der Waals surface area contributed by atoms with Crippen LogP contribution in [0.2, 0.25) is 0 Å². The summed E-state index contributed by atoms with van der Waals surface area (Å²) in [6.07, 6.45) is 12.4. The van der Waals surface area contributed by atoms with Crippen LogP contribution in [0.5, 0.6) is 0 Å². The van der Waals surface area contributed by atoms with Crippen molar-refractivity contribution in [3.63, 3.8) is 0 Å². The molecule has 0 radical (unpaired) electrons. The third kappa shape index (κ3) is 13.4. The Bertz CT molecular complexity index is 7590. The van der Waals surface area contributed by atoms with Crippen LogP contribution in [0.1, 0.15) is 66.7 Å². The predicted molar refractivity (Wildman–Crippen MR) is 457 cm³/mol. The molecule has 20 rings (SSSR count). The van der Waals surface area contributed by atoms with Crippen molar-refractivity contribution in [2.75, 3.05) is 0 Å². The average Bonchev–Trinajstić information content (AvgIpc) is 1.62. The Morgan fingerprint density at radius 1 is 0.274 bits per heavy atom. The predicted octanol–water partition coefficient (Wildman–Crippen LogP) is 23.3. The molecule has 12 aromatic heterocycles. The minimum Gasteiger partial charge on any atom is -0.437 e. The van der Waals surface area contributed by atoms with Gasteiger partial charge in [0.1, 0.15) is 28.2 Å². The van der Waals surface area contributed by atoms with Crippen molar-refractivity contribution in [3.8, 4) is 89.5 Å². The van der Waals surface area contributed by atoms with Gasteiger partial charge in [0.25, 0.3) is 0 Å². The lowest BCUT2D eigenvalue weighted by molar-refractivity contribution is -0.660. The Morgan fingerprint density at radius 2 is 0.628 bits per heavy atom. The van der Waals surface area contributed by atoms with Crippen molar-refractivity contribution in [2.45, 2.75) is 62.0 Å². The Kier molecular flexibility index (Phi) is 15.6. The van der Waals surface area contributed by atoms with E-state index < -0.39 is 27.4 Å². The van der Waals surface area contributed by atoms with Gasteiger partial charge in [0.05, 0.1) is 22.3 Å². The standard InChI is InChI=1S/C26H23N2O.3C25H21N2O/c1-16-13-17(2)24(25-23(16)20-11-8-12-27-26(20)29-25)22-14-21(18(3)15-28(22)4)19-9-6-5-7-10-19;1-16-11-12-19-20-10-7-13-26-25(20)28-24(19)23(16)22-14-21(17(2)15-27(22)3)18-8-5-4-6-9-18;1-16-14-17(2)23(24-22(16)20-10-7-12-26-25(20)28-24)21-15-19(11-13-27(21)3)18-8-5-4-6-9-18;1-16-9-11-20-21-12-10-17(2)26-25(21)28-24(20)23(16)22-15-19(13-14-27(22)3)18-7-5-4-6-8-18/h5-15H,1-4H3;3*4-15H,1-3H3/q4*+1/i1D3,3D3;2D3;1D3;. The summed E-state index contributed by atoms with van der Waals surface area (Å²) in [5, 5.41) is 6.56. The van der Waals surface area contributed by atoms with Crippen LogP contribution in [0, 0.1) is 62.0 Å². The van der Waals surface area contributed by atoms with Crippen molar-refractivity contribution in [1.29, 1.82) is 0 Å². The molecule has 0 spiro atoms. The quantitative estimate of drug-likeness (QED) is 0.138. The highest BCUT2D eigenvalue weighted by Gasteiger charge is 2.29. The molecule has 12 heterocycles. The summed E-state index contributed by atoms with van der Waals surface area (Å²) in [5.74, 6) is 0. The van der Waals surface area contributed by atoms with Gasteiger partial charge in [0, 0.05) is 131 Å². The topological polar surface area (TPSA) is 120 Å². The van der Waals surface area contributed by atoms with E-state index in [2.05, 4.69) is 136 Å². The van der Waals surface area contributed by atoms with E-state index in [-0.39, 0.29) is 16.7 Å². The van der Waals surface area contributed by atoms with Gasteiger partial charge >= 0.3 is 0 Å². The maximum Gasteiger partial charge on any atom is 0.227 e. The van der Waals surface area contributed by atoms with Crippen LogP contribution >= 0.6 is 0 Å². The van der Waals surface area contributed by atoms with E-state index in [1.54, 1.807) is 72.9 Å². The molecule has 0 amide bonds. The Labute approximate surface area is 673 Å². The molecule has 0 atom stereocenters. The van der Waals surface area contributed by atoms with Gasteiger partial charge in [0.2, 0.25) is 45.6 Å². The molecule has 0 N–H and O–H groups in total. The largest absolute Gasteiger partial charge is 0.437 e. The van der Waals surface area contributed by atoms with Gasteiger partial charge in [-0.2, -0.15) is 0 Å². The van der Waals surface area contributed by atoms with E-state index in [1.807, 2.05) is 178 Å². The number of nitrogens with zero attached hydrogens (tertiary/aromatic N) is 8. The fraction of sp³-hybridized carbons (Fsp3) is 0.129. The number of furan rings is 4. The molecular formula is C101H86N8O4+4. The number of benzene rings is 8. The summed E-state index contributed by atoms with van der Waals surface area (Å²) in [7, 11) is 7.71. The molecule has 113 heavy (non-hydrogen) atoms. The molecular weight excluding hydrogens is 1390 g/mol. The zero-order chi connectivity index (χ0) is 87.9. The lowest BCUT2D eigenvalue weighted by Crippen LogP contribution is -2.31. The second-order valence-corrected chi connectivity index (χ2v) is 28.7. The van der Waals surface area contributed by atoms with Crippen LogP contribution < -0.4 is 18.3 Å². The lowest BCUT2D eigenvalue weighted by Gasteiger charge is -2.11. The first-order chi connectivity index (χ1) is 59.8. The van der Waals surface area contributed by atoms with Crippen LogP contribution in [-0.4, -0.2) is 19.9 Å². The molecule has 0 fully saturated rings. The first kappa shape index (κ1) is 59.1. The van der Waals surface area contributed by atoms with Crippen LogP contribution in [0.4, 0.5) is 0 Å². The van der Waals surface area contributed by atoms with Crippen molar-refractivity contribution in [1.82, 2.24) is 19.9 Å². The molecule has 12 heteroatoms. The smallest absolute Gasteiger partial charge is 0.227 e. The summed E-state index contributed by atoms with van der Waals surface area (Å²) in [5.41, 5.74) is 25.3. The minimum atomic E-state index is -2.35. The number of pyridine rings is 8. The van der Waals surface area contributed by atoms with E-state index >= 15 is 0 Å². The average molecular weight is 1490 g/mol. The van der Waals surface area contributed by atoms with Gasteiger partial charge in [-0.3, -0.25) is 0 Å². The lowest BCUT2D eigenvalue weighted by atomic mass is 9.94. The minimum absolute atomic E-state index is 0.200. The van der Waals surface area contributed by atoms with Crippen LogP contribution in [0.3, 0.4) is 0 Å². The third-order valence-electron chi connectivity index (χ3n) is 21.2. The van der Waals surface area contributed by atoms with Crippen LogP contribution in [0.15, 0.2) is 304 Å². The van der Waals surface area contributed by atoms with Gasteiger partial charge in [-0.05, 0) is 188 Å². The van der Waals surface area contributed by atoms with Gasteiger partial charge in [-0.1, -0.05) is 158 Å². The highest BCUT2D eigenvalue weighted by atomic mass is 16.4. The van der Waals surface area contributed by atoms with Crippen LogP contribution in [0.25, 0.3) is 178 Å². The van der Waals surface area contributed by atoms with E-state index in [9.17, 15) is 0 Å². The number of hydrogen-bond acceptors (Lipinski definition) is 8. The van der Waals surface area contributed by atoms with Crippen molar-refractivity contribution >= 4 is 88.3 Å². The summed E-state index contributed by atoms with van der Waals surface area (Å²) in [6, 6.07) is 79.1. The van der Waals surface area contributed by atoms with E-state index in [0.717, 1.165) is 106 Å². The fourth-order valence-electron chi connectivity index (χ4n) is 15.6. The van der Waals surface area contributed by atoms with E-state index in [4.69, 9.17) is 34.1 Å². The summed E-state index contributed by atoms with van der Waals surface area (Å²) in [6.45, 7) is 0.766. The van der Waals surface area contributed by atoms with E-state index in [0.29, 0.717) is 89.1 Å². The monoisotopic (exact) mass is 1490 g/mol. The molecule has 12 nitrogen and oxygen atoms in total. The van der Waals surface area contributed by atoms with Crippen molar-refractivity contribution in [3.05, 3.63) is 336 Å². The number of aromatic nitrogens is 8. The molecule has 0 saturated carbocycles. The fourth-order valence-corrected chi connectivity index (χ4v) is 15.6. The molecule has 0 aliphatic rings. The molecule has 0 aliphatic heterocycles. The third-order valence-corrected chi connectivity index (χ3v) is 21.2.